The molecule has 5 N–H and O–H groups in total. The molecule has 0 aliphatic carbocycles. The Labute approximate surface area is 222 Å². The number of carbonyl (C=O) groups is 2. The summed E-state index contributed by atoms with van der Waals surface area (Å²) in [6.07, 6.45) is 0. The van der Waals surface area contributed by atoms with E-state index in [0.717, 1.165) is 22.7 Å². The van der Waals surface area contributed by atoms with Crippen molar-refractivity contribution in [3.05, 3.63) is 83.2 Å². The molecule has 0 spiro atoms. The number of anilines is 3. The van der Waals surface area contributed by atoms with Crippen LogP contribution in [0.15, 0.2) is 60.7 Å². The van der Waals surface area contributed by atoms with E-state index < -0.39 is 17.8 Å². The largest absolute Gasteiger partial charge is 0.497 e. The SMILES string of the molecule is COc1ccc(CNc2snc(-c3ccc(NC(=O)Nc4cc(C)ccc4F)cc3)c2C(N)=O)c(OC)c1. The lowest BCUT2D eigenvalue weighted by Crippen LogP contribution is -2.20. The van der Waals surface area contributed by atoms with Crippen molar-refractivity contribution in [2.24, 2.45) is 5.73 Å². The van der Waals surface area contributed by atoms with Gasteiger partial charge in [0.2, 0.25) is 0 Å². The average Bonchev–Trinajstić information content (AvgIpc) is 3.34. The van der Waals surface area contributed by atoms with Crippen molar-refractivity contribution in [1.82, 2.24) is 4.37 Å². The third kappa shape index (κ3) is 6.01. The molecular formula is C27H26FN5O4S. The third-order valence-electron chi connectivity index (χ3n) is 5.66. The highest BCUT2D eigenvalue weighted by molar-refractivity contribution is 7.11. The van der Waals surface area contributed by atoms with Crippen LogP contribution in [-0.4, -0.2) is 30.5 Å². The Kier molecular flexibility index (Phi) is 8.07. The number of nitrogens with zero attached hydrogens (tertiary/aromatic N) is 1. The minimum Gasteiger partial charge on any atom is -0.497 e. The lowest BCUT2D eigenvalue weighted by atomic mass is 10.1. The Morgan fingerprint density at radius 2 is 1.76 bits per heavy atom. The number of methoxy groups -OCH3 is 2. The Bertz CT molecular complexity index is 1470. The zero-order valence-electron chi connectivity index (χ0n) is 20.9. The first-order valence-electron chi connectivity index (χ1n) is 11.5. The van der Waals surface area contributed by atoms with Crippen LogP contribution in [-0.2, 0) is 6.54 Å². The second kappa shape index (κ2) is 11.6. The van der Waals surface area contributed by atoms with Crippen molar-refractivity contribution in [2.45, 2.75) is 13.5 Å². The summed E-state index contributed by atoms with van der Waals surface area (Å²) < 4.78 is 29.0. The van der Waals surface area contributed by atoms with Crippen molar-refractivity contribution < 1.29 is 23.5 Å². The molecule has 38 heavy (non-hydrogen) atoms. The fourth-order valence-corrected chi connectivity index (χ4v) is 4.55. The van der Waals surface area contributed by atoms with E-state index in [9.17, 15) is 14.0 Å². The van der Waals surface area contributed by atoms with Gasteiger partial charge in [-0.1, -0.05) is 18.2 Å². The van der Waals surface area contributed by atoms with Gasteiger partial charge in [0.05, 0.1) is 25.6 Å². The molecule has 1 aromatic heterocycles. The van der Waals surface area contributed by atoms with E-state index in [0.29, 0.717) is 40.0 Å². The molecule has 3 aromatic carbocycles. The summed E-state index contributed by atoms with van der Waals surface area (Å²) in [5.74, 6) is 0.152. The molecule has 0 fully saturated rings. The third-order valence-corrected chi connectivity index (χ3v) is 6.46. The van der Waals surface area contributed by atoms with Gasteiger partial charge in [0.15, 0.2) is 0 Å². The maximum absolute atomic E-state index is 13.9. The first kappa shape index (κ1) is 26.4. The van der Waals surface area contributed by atoms with E-state index in [2.05, 4.69) is 20.3 Å². The number of rotatable bonds is 9. The molecule has 11 heteroatoms. The number of primary amides is 1. The molecule has 0 aliphatic rings. The summed E-state index contributed by atoms with van der Waals surface area (Å²) in [6.45, 7) is 2.17. The molecule has 0 saturated carbocycles. The predicted molar refractivity (Wildman–Crippen MR) is 147 cm³/mol. The van der Waals surface area contributed by atoms with Crippen molar-refractivity contribution in [3.8, 4) is 22.8 Å². The first-order valence-corrected chi connectivity index (χ1v) is 12.2. The number of hydrogen-bond acceptors (Lipinski definition) is 7. The Morgan fingerprint density at radius 1 is 1.00 bits per heavy atom. The van der Waals surface area contributed by atoms with Gasteiger partial charge in [0.1, 0.15) is 27.9 Å². The van der Waals surface area contributed by atoms with E-state index in [1.165, 1.54) is 6.07 Å². The van der Waals surface area contributed by atoms with Gasteiger partial charge in [-0.15, -0.1) is 0 Å². The van der Waals surface area contributed by atoms with Gasteiger partial charge in [0, 0.05) is 29.4 Å². The lowest BCUT2D eigenvalue weighted by Gasteiger charge is -2.12. The van der Waals surface area contributed by atoms with E-state index >= 15 is 0 Å². The summed E-state index contributed by atoms with van der Waals surface area (Å²) in [5.41, 5.74) is 9.25. The van der Waals surface area contributed by atoms with Crippen LogP contribution in [0.3, 0.4) is 0 Å². The maximum atomic E-state index is 13.9. The number of hydrogen-bond donors (Lipinski definition) is 4. The minimum atomic E-state index is -0.625. The van der Waals surface area contributed by atoms with E-state index in [-0.39, 0.29) is 11.3 Å². The molecule has 4 rings (SSSR count). The molecule has 0 unspecified atom stereocenters. The highest BCUT2D eigenvalue weighted by atomic mass is 32.1. The molecule has 0 radical (unpaired) electrons. The maximum Gasteiger partial charge on any atom is 0.323 e. The summed E-state index contributed by atoms with van der Waals surface area (Å²) in [7, 11) is 3.15. The monoisotopic (exact) mass is 535 g/mol. The van der Waals surface area contributed by atoms with Crippen LogP contribution in [0, 0.1) is 12.7 Å². The zero-order valence-corrected chi connectivity index (χ0v) is 21.7. The van der Waals surface area contributed by atoms with Crippen molar-refractivity contribution >= 4 is 39.8 Å². The number of nitrogens with one attached hydrogen (secondary N) is 3. The average molecular weight is 536 g/mol. The van der Waals surface area contributed by atoms with Crippen LogP contribution >= 0.6 is 11.5 Å². The standard InChI is InChI=1S/C27H26FN5O4S/c1-15-4-11-20(28)21(12-15)32-27(35)31-18-8-5-16(6-9-18)24-23(25(29)34)26(38-33-24)30-14-17-7-10-19(36-2)13-22(17)37-3/h4-13,30H,14H2,1-3H3,(H2,29,34)(H2,31,32,35). The number of benzene rings is 3. The number of aryl methyl sites for hydroxylation is 1. The Balaban J connectivity index is 1.47. The van der Waals surface area contributed by atoms with E-state index in [1.54, 1.807) is 63.6 Å². The second-order valence-corrected chi connectivity index (χ2v) is 9.04. The van der Waals surface area contributed by atoms with Gasteiger partial charge in [-0.05, 0) is 60.4 Å². The van der Waals surface area contributed by atoms with Crippen molar-refractivity contribution in [2.75, 3.05) is 30.2 Å². The fourth-order valence-electron chi connectivity index (χ4n) is 3.74. The topological polar surface area (TPSA) is 128 Å². The van der Waals surface area contributed by atoms with Gasteiger partial charge in [-0.2, -0.15) is 4.37 Å². The highest BCUT2D eigenvalue weighted by Crippen LogP contribution is 2.34. The van der Waals surface area contributed by atoms with Gasteiger partial charge in [0.25, 0.3) is 5.91 Å². The summed E-state index contributed by atoms with van der Waals surface area (Å²) >= 11 is 1.12. The molecule has 196 valence electrons. The summed E-state index contributed by atoms with van der Waals surface area (Å²) in [4.78, 5) is 24.7. The van der Waals surface area contributed by atoms with Gasteiger partial charge in [-0.3, -0.25) is 4.79 Å². The number of halogens is 1. The molecule has 9 nitrogen and oxygen atoms in total. The number of carbonyl (C=O) groups excluding carboxylic acids is 2. The minimum absolute atomic E-state index is 0.0833. The fraction of sp³-hybridized carbons (Fsp3) is 0.148. The van der Waals surface area contributed by atoms with Crippen LogP contribution < -0.4 is 31.2 Å². The molecule has 0 saturated heterocycles. The van der Waals surface area contributed by atoms with Crippen molar-refractivity contribution in [1.29, 1.82) is 0 Å². The van der Waals surface area contributed by atoms with Crippen LogP contribution in [0.1, 0.15) is 21.5 Å². The smallest absolute Gasteiger partial charge is 0.323 e. The van der Waals surface area contributed by atoms with Crippen LogP contribution in [0.5, 0.6) is 11.5 Å². The number of aromatic nitrogens is 1. The summed E-state index contributed by atoms with van der Waals surface area (Å²) in [6, 6.07) is 16.1. The number of nitrogens with two attached hydrogens (primary N) is 1. The zero-order chi connectivity index (χ0) is 27.2. The molecule has 1 heterocycles. The normalized spacial score (nSPS) is 10.5. The lowest BCUT2D eigenvalue weighted by molar-refractivity contribution is 0.100. The molecule has 0 bridgehead atoms. The van der Waals surface area contributed by atoms with Gasteiger partial charge >= 0.3 is 6.03 Å². The Hall–Kier alpha value is -4.64. The molecule has 0 atom stereocenters. The van der Waals surface area contributed by atoms with Crippen LogP contribution in [0.25, 0.3) is 11.3 Å². The molecule has 4 aromatic rings. The predicted octanol–water partition coefficient (Wildman–Crippen LogP) is 5.63. The molecular weight excluding hydrogens is 509 g/mol. The highest BCUT2D eigenvalue weighted by Gasteiger charge is 2.20. The van der Waals surface area contributed by atoms with Crippen molar-refractivity contribution in [3.63, 3.8) is 0 Å². The quantitative estimate of drug-likeness (QED) is 0.220. The van der Waals surface area contributed by atoms with Crippen LogP contribution in [0.4, 0.5) is 25.6 Å². The number of amides is 3. The second-order valence-electron chi connectivity index (χ2n) is 8.27. The van der Waals surface area contributed by atoms with Gasteiger partial charge in [-0.25, -0.2) is 9.18 Å². The van der Waals surface area contributed by atoms with E-state index in [4.69, 9.17) is 15.2 Å². The number of ether oxygens (including phenoxy) is 2. The summed E-state index contributed by atoms with van der Waals surface area (Å²) in [5, 5.41) is 8.89. The molecule has 0 aliphatic heterocycles. The van der Waals surface area contributed by atoms with E-state index in [1.807, 2.05) is 12.1 Å². The Morgan fingerprint density at radius 3 is 2.45 bits per heavy atom. The molecule has 3 amide bonds. The first-order chi connectivity index (χ1) is 18.3. The number of urea groups is 1. The van der Waals surface area contributed by atoms with Crippen LogP contribution in [0.2, 0.25) is 0 Å². The van der Waals surface area contributed by atoms with Gasteiger partial charge < -0.3 is 31.2 Å².